The first-order valence-corrected chi connectivity index (χ1v) is 5.85. The molecule has 1 atom stereocenters. The highest BCUT2D eigenvalue weighted by Crippen LogP contribution is 2.19. The third-order valence-electron chi connectivity index (χ3n) is 3.30. The van der Waals surface area contributed by atoms with Crippen molar-refractivity contribution >= 4 is 11.8 Å². The Labute approximate surface area is 89.8 Å². The molecule has 2 rings (SSSR count). The molecule has 1 aliphatic carbocycles. The lowest BCUT2D eigenvalue weighted by Crippen LogP contribution is -2.47. The van der Waals surface area contributed by atoms with Crippen molar-refractivity contribution < 1.29 is 9.59 Å². The van der Waals surface area contributed by atoms with Crippen molar-refractivity contribution in [3.05, 3.63) is 0 Å². The van der Waals surface area contributed by atoms with Crippen molar-refractivity contribution in [2.45, 2.75) is 44.6 Å². The van der Waals surface area contributed by atoms with E-state index in [-0.39, 0.29) is 11.8 Å². The van der Waals surface area contributed by atoms with Crippen LogP contribution in [0.15, 0.2) is 0 Å². The van der Waals surface area contributed by atoms with Crippen LogP contribution in [0.5, 0.6) is 0 Å². The van der Waals surface area contributed by atoms with Crippen molar-refractivity contribution in [3.8, 4) is 0 Å². The molecule has 0 aromatic carbocycles. The van der Waals surface area contributed by atoms with Gasteiger partial charge in [0.1, 0.15) is 5.92 Å². The molecule has 15 heavy (non-hydrogen) atoms. The molecular formula is C11H18N2O2. The topological polar surface area (TPSA) is 58.2 Å². The molecule has 4 nitrogen and oxygen atoms in total. The fourth-order valence-electron chi connectivity index (χ4n) is 2.39. The number of hydrogen-bond acceptors (Lipinski definition) is 2. The maximum absolute atomic E-state index is 11.8. The quantitative estimate of drug-likeness (QED) is 0.655. The summed E-state index contributed by atoms with van der Waals surface area (Å²) in [5.74, 6) is -0.616. The number of nitrogens with one attached hydrogen (secondary N) is 2. The molecule has 2 aliphatic rings. The van der Waals surface area contributed by atoms with Gasteiger partial charge in [0, 0.05) is 12.6 Å². The van der Waals surface area contributed by atoms with E-state index in [9.17, 15) is 9.59 Å². The zero-order chi connectivity index (χ0) is 10.7. The van der Waals surface area contributed by atoms with E-state index in [4.69, 9.17) is 0 Å². The first kappa shape index (κ1) is 10.5. The Balaban J connectivity index is 1.85. The molecular weight excluding hydrogens is 192 g/mol. The Morgan fingerprint density at radius 3 is 2.60 bits per heavy atom. The van der Waals surface area contributed by atoms with Crippen LogP contribution in [-0.2, 0) is 9.59 Å². The Kier molecular flexibility index (Phi) is 3.23. The van der Waals surface area contributed by atoms with Gasteiger partial charge in [-0.15, -0.1) is 0 Å². The van der Waals surface area contributed by atoms with Gasteiger partial charge in [0.25, 0.3) is 0 Å². The number of carbonyl (C=O) groups excluding carboxylic acids is 2. The van der Waals surface area contributed by atoms with Crippen LogP contribution in [0.25, 0.3) is 0 Å². The highest BCUT2D eigenvalue weighted by atomic mass is 16.2. The molecule has 1 saturated carbocycles. The van der Waals surface area contributed by atoms with Gasteiger partial charge in [-0.3, -0.25) is 9.59 Å². The minimum absolute atomic E-state index is 0.0703. The van der Waals surface area contributed by atoms with Gasteiger partial charge in [0.15, 0.2) is 0 Å². The van der Waals surface area contributed by atoms with Crippen LogP contribution in [0.4, 0.5) is 0 Å². The predicted molar refractivity (Wildman–Crippen MR) is 56.1 cm³/mol. The summed E-state index contributed by atoms with van der Waals surface area (Å²) in [5, 5.41) is 5.72. The van der Waals surface area contributed by atoms with E-state index in [0.29, 0.717) is 19.0 Å². The van der Waals surface area contributed by atoms with Gasteiger partial charge in [-0.05, 0) is 25.7 Å². The second kappa shape index (κ2) is 4.64. The lowest BCUT2D eigenvalue weighted by atomic mass is 9.97. The molecule has 1 saturated heterocycles. The molecule has 0 spiro atoms. The van der Waals surface area contributed by atoms with Crippen LogP contribution in [0.2, 0.25) is 0 Å². The second-order valence-corrected chi connectivity index (χ2v) is 4.48. The molecule has 0 aromatic heterocycles. The van der Waals surface area contributed by atoms with E-state index >= 15 is 0 Å². The van der Waals surface area contributed by atoms with E-state index in [2.05, 4.69) is 10.6 Å². The largest absolute Gasteiger partial charge is 0.355 e. The van der Waals surface area contributed by atoms with Gasteiger partial charge in [-0.25, -0.2) is 0 Å². The van der Waals surface area contributed by atoms with E-state index in [1.807, 2.05) is 0 Å². The van der Waals surface area contributed by atoms with Gasteiger partial charge in [0.2, 0.25) is 11.8 Å². The minimum Gasteiger partial charge on any atom is -0.355 e. The van der Waals surface area contributed by atoms with Gasteiger partial charge in [0.05, 0.1) is 0 Å². The summed E-state index contributed by atoms with van der Waals surface area (Å²) in [6.07, 6.45) is 6.14. The number of amides is 2. The van der Waals surface area contributed by atoms with Crippen molar-refractivity contribution in [1.29, 1.82) is 0 Å². The second-order valence-electron chi connectivity index (χ2n) is 4.48. The zero-order valence-corrected chi connectivity index (χ0v) is 8.92. The SMILES string of the molecule is O=C1NCCCC1C(=O)NC1CCCC1. The lowest BCUT2D eigenvalue weighted by molar-refractivity contribution is -0.137. The van der Waals surface area contributed by atoms with Crippen molar-refractivity contribution in [3.63, 3.8) is 0 Å². The molecule has 4 heteroatoms. The first-order chi connectivity index (χ1) is 7.27. The minimum atomic E-state index is -0.445. The van der Waals surface area contributed by atoms with Crippen molar-refractivity contribution in [2.24, 2.45) is 5.92 Å². The molecule has 1 aliphatic heterocycles. The molecule has 2 fully saturated rings. The lowest BCUT2D eigenvalue weighted by Gasteiger charge is -2.22. The number of carbonyl (C=O) groups is 2. The van der Waals surface area contributed by atoms with Gasteiger partial charge < -0.3 is 10.6 Å². The first-order valence-electron chi connectivity index (χ1n) is 5.85. The average molecular weight is 210 g/mol. The maximum Gasteiger partial charge on any atom is 0.232 e. The average Bonchev–Trinajstić information content (AvgIpc) is 2.71. The van der Waals surface area contributed by atoms with Gasteiger partial charge in [-0.2, -0.15) is 0 Å². The Bertz CT molecular complexity index is 259. The summed E-state index contributed by atoms with van der Waals surface area (Å²) in [6, 6.07) is 0.312. The van der Waals surface area contributed by atoms with Crippen LogP contribution >= 0.6 is 0 Å². The number of rotatable bonds is 2. The van der Waals surface area contributed by atoms with E-state index in [1.54, 1.807) is 0 Å². The molecule has 2 amide bonds. The van der Waals surface area contributed by atoms with E-state index in [0.717, 1.165) is 19.3 Å². The highest BCUT2D eigenvalue weighted by molar-refractivity contribution is 6.00. The fourth-order valence-corrected chi connectivity index (χ4v) is 2.39. The van der Waals surface area contributed by atoms with E-state index in [1.165, 1.54) is 12.8 Å². The zero-order valence-electron chi connectivity index (χ0n) is 8.92. The summed E-state index contributed by atoms with van der Waals surface area (Å²) < 4.78 is 0. The molecule has 0 radical (unpaired) electrons. The molecule has 2 N–H and O–H groups in total. The Hall–Kier alpha value is -1.06. The fraction of sp³-hybridized carbons (Fsp3) is 0.818. The Morgan fingerprint density at radius 1 is 1.20 bits per heavy atom. The third kappa shape index (κ3) is 2.49. The number of hydrogen-bond donors (Lipinski definition) is 2. The van der Waals surface area contributed by atoms with Gasteiger partial charge >= 0.3 is 0 Å². The summed E-state index contributed by atoms with van der Waals surface area (Å²) in [6.45, 7) is 0.714. The smallest absolute Gasteiger partial charge is 0.232 e. The maximum atomic E-state index is 11.8. The predicted octanol–water partition coefficient (Wildman–Crippen LogP) is 0.571. The van der Waals surface area contributed by atoms with E-state index < -0.39 is 5.92 Å². The Morgan fingerprint density at radius 2 is 1.93 bits per heavy atom. The normalized spacial score (nSPS) is 27.5. The summed E-state index contributed by atoms with van der Waals surface area (Å²) >= 11 is 0. The van der Waals surface area contributed by atoms with Crippen molar-refractivity contribution in [1.82, 2.24) is 10.6 Å². The van der Waals surface area contributed by atoms with Crippen LogP contribution < -0.4 is 10.6 Å². The monoisotopic (exact) mass is 210 g/mol. The van der Waals surface area contributed by atoms with Crippen LogP contribution in [0.3, 0.4) is 0 Å². The van der Waals surface area contributed by atoms with Crippen LogP contribution in [0, 0.1) is 5.92 Å². The highest BCUT2D eigenvalue weighted by Gasteiger charge is 2.30. The number of piperidine rings is 1. The molecule has 84 valence electrons. The molecule has 0 aromatic rings. The van der Waals surface area contributed by atoms with Crippen LogP contribution in [-0.4, -0.2) is 24.4 Å². The summed E-state index contributed by atoms with van der Waals surface area (Å²) in [5.41, 5.74) is 0. The molecule has 1 heterocycles. The van der Waals surface area contributed by atoms with Crippen LogP contribution in [0.1, 0.15) is 38.5 Å². The third-order valence-corrected chi connectivity index (χ3v) is 3.30. The molecule has 1 unspecified atom stereocenters. The molecule has 0 bridgehead atoms. The standard InChI is InChI=1S/C11H18N2O2/c14-10-9(6-3-7-12-10)11(15)13-8-4-1-2-5-8/h8-9H,1-7H2,(H,12,14)(H,13,15). The van der Waals surface area contributed by atoms with Gasteiger partial charge in [-0.1, -0.05) is 12.8 Å². The summed E-state index contributed by atoms with van der Waals surface area (Å²) in [4.78, 5) is 23.2. The van der Waals surface area contributed by atoms with Crippen molar-refractivity contribution in [2.75, 3.05) is 6.54 Å². The summed E-state index contributed by atoms with van der Waals surface area (Å²) in [7, 11) is 0.